The van der Waals surface area contributed by atoms with Crippen LogP contribution < -0.4 is 10.1 Å². The van der Waals surface area contributed by atoms with Crippen LogP contribution in [0.15, 0.2) is 23.4 Å². The summed E-state index contributed by atoms with van der Waals surface area (Å²) in [5.74, 6) is 0.527. The van der Waals surface area contributed by atoms with Crippen molar-refractivity contribution in [2.75, 3.05) is 12.4 Å². The Morgan fingerprint density at radius 1 is 1.10 bits per heavy atom. The molecule has 0 aromatic heterocycles. The lowest BCUT2D eigenvalue weighted by molar-refractivity contribution is 0.412. The second-order valence-electron chi connectivity index (χ2n) is 3.64. The van der Waals surface area contributed by atoms with Crippen molar-refractivity contribution >= 4 is 5.69 Å². The van der Waals surface area contributed by atoms with Gasteiger partial charge in [0, 0.05) is 5.56 Å². The summed E-state index contributed by atoms with van der Waals surface area (Å²) in [6.45, 7) is 1.70. The molecule has 20 heavy (non-hydrogen) atoms. The van der Waals surface area contributed by atoms with Gasteiger partial charge in [0.25, 0.3) is 0 Å². The van der Waals surface area contributed by atoms with Gasteiger partial charge in [0.05, 0.1) is 18.4 Å². The fourth-order valence-electron chi connectivity index (χ4n) is 1.58. The molecule has 0 saturated heterocycles. The van der Waals surface area contributed by atoms with Crippen LogP contribution >= 0.6 is 0 Å². The van der Waals surface area contributed by atoms with E-state index < -0.39 is 0 Å². The van der Waals surface area contributed by atoms with E-state index >= 15 is 0 Å². The molecule has 6 nitrogen and oxygen atoms in total. The lowest BCUT2D eigenvalue weighted by atomic mass is 10.1. The van der Waals surface area contributed by atoms with Gasteiger partial charge in [-0.25, -0.2) is 0 Å². The molecule has 0 saturated carbocycles. The largest absolute Gasteiger partial charge is 0.496 e. The number of rotatable bonds is 3. The zero-order valence-electron chi connectivity index (χ0n) is 10.9. The Bertz CT molecular complexity index is 719. The van der Waals surface area contributed by atoms with Gasteiger partial charge in [0.1, 0.15) is 35.7 Å². The molecule has 0 bridgehead atoms. The Kier molecular flexibility index (Phi) is 4.70. The number of benzene rings is 1. The summed E-state index contributed by atoms with van der Waals surface area (Å²) in [7, 11) is 1.48. The van der Waals surface area contributed by atoms with E-state index in [0.29, 0.717) is 17.0 Å². The SMILES string of the molecule is COc1ccc(C#N)c(NC(C#N)=C(C#N)C#N)c1C. The van der Waals surface area contributed by atoms with E-state index in [1.54, 1.807) is 31.2 Å². The van der Waals surface area contributed by atoms with Gasteiger partial charge < -0.3 is 10.1 Å². The molecule has 0 fully saturated rings. The summed E-state index contributed by atoms with van der Waals surface area (Å²) >= 11 is 0. The number of nitrogens with zero attached hydrogens (tertiary/aromatic N) is 4. The Morgan fingerprint density at radius 3 is 2.20 bits per heavy atom. The van der Waals surface area contributed by atoms with Gasteiger partial charge >= 0.3 is 0 Å². The van der Waals surface area contributed by atoms with Crippen molar-refractivity contribution in [1.29, 1.82) is 21.0 Å². The zero-order chi connectivity index (χ0) is 15.1. The fraction of sp³-hybridized carbons (Fsp3) is 0.143. The normalized spacial score (nSPS) is 8.30. The van der Waals surface area contributed by atoms with E-state index in [9.17, 15) is 0 Å². The molecule has 1 aromatic rings. The van der Waals surface area contributed by atoms with Crippen LogP contribution in [0.5, 0.6) is 5.75 Å². The highest BCUT2D eigenvalue weighted by Crippen LogP contribution is 2.30. The minimum atomic E-state index is -0.349. The summed E-state index contributed by atoms with van der Waals surface area (Å²) in [4.78, 5) is 0. The Hall–Kier alpha value is -3.48. The van der Waals surface area contributed by atoms with E-state index in [0.717, 1.165) is 0 Å². The molecule has 1 aromatic carbocycles. The molecular formula is C14H9N5O. The van der Waals surface area contributed by atoms with Crippen LogP contribution in [0.1, 0.15) is 11.1 Å². The number of nitrogens with one attached hydrogen (secondary N) is 1. The number of anilines is 1. The average Bonchev–Trinajstić information content (AvgIpc) is 2.48. The predicted octanol–water partition coefficient (Wildman–Crippen LogP) is 2.11. The third-order valence-corrected chi connectivity index (χ3v) is 2.59. The third-order valence-electron chi connectivity index (χ3n) is 2.59. The van der Waals surface area contributed by atoms with Gasteiger partial charge in [-0.1, -0.05) is 0 Å². The van der Waals surface area contributed by atoms with Crippen LogP contribution in [0.25, 0.3) is 0 Å². The number of methoxy groups -OCH3 is 1. The molecule has 1 rings (SSSR count). The van der Waals surface area contributed by atoms with Gasteiger partial charge in [0.2, 0.25) is 0 Å². The van der Waals surface area contributed by atoms with E-state index in [-0.39, 0.29) is 16.8 Å². The lowest BCUT2D eigenvalue weighted by Crippen LogP contribution is -2.05. The Morgan fingerprint density at radius 2 is 1.75 bits per heavy atom. The smallest absolute Gasteiger partial charge is 0.163 e. The van der Waals surface area contributed by atoms with Crippen LogP contribution in [-0.4, -0.2) is 7.11 Å². The monoisotopic (exact) mass is 263 g/mol. The average molecular weight is 263 g/mol. The second kappa shape index (κ2) is 6.45. The van der Waals surface area contributed by atoms with Gasteiger partial charge in [-0.15, -0.1) is 0 Å². The fourth-order valence-corrected chi connectivity index (χ4v) is 1.58. The molecule has 96 valence electrons. The van der Waals surface area contributed by atoms with E-state index in [1.807, 2.05) is 6.07 Å². The molecular weight excluding hydrogens is 254 g/mol. The molecule has 0 atom stereocenters. The number of hydrogen-bond donors (Lipinski definition) is 1. The van der Waals surface area contributed by atoms with Crippen molar-refractivity contribution in [2.24, 2.45) is 0 Å². The molecule has 0 aliphatic rings. The summed E-state index contributed by atoms with van der Waals surface area (Å²) in [6.07, 6.45) is 0. The van der Waals surface area contributed by atoms with E-state index in [1.165, 1.54) is 13.2 Å². The topological polar surface area (TPSA) is 116 Å². The minimum Gasteiger partial charge on any atom is -0.496 e. The zero-order valence-corrected chi connectivity index (χ0v) is 10.9. The van der Waals surface area contributed by atoms with Crippen LogP contribution in [0.4, 0.5) is 5.69 Å². The van der Waals surface area contributed by atoms with Crippen molar-refractivity contribution < 1.29 is 4.74 Å². The maximum absolute atomic E-state index is 9.09. The molecule has 0 aliphatic heterocycles. The van der Waals surface area contributed by atoms with E-state index in [4.69, 9.17) is 25.8 Å². The first-order chi connectivity index (χ1) is 9.62. The highest BCUT2D eigenvalue weighted by atomic mass is 16.5. The maximum Gasteiger partial charge on any atom is 0.163 e. The van der Waals surface area contributed by atoms with Crippen LogP contribution in [0, 0.1) is 52.2 Å². The molecule has 6 heteroatoms. The van der Waals surface area contributed by atoms with Crippen LogP contribution in [0.2, 0.25) is 0 Å². The lowest BCUT2D eigenvalue weighted by Gasteiger charge is -2.13. The van der Waals surface area contributed by atoms with Gasteiger partial charge in [0.15, 0.2) is 5.57 Å². The van der Waals surface area contributed by atoms with Crippen molar-refractivity contribution in [2.45, 2.75) is 6.92 Å². The van der Waals surface area contributed by atoms with Crippen LogP contribution in [-0.2, 0) is 0 Å². The summed E-state index contributed by atoms with van der Waals surface area (Å²) in [5, 5.41) is 38.3. The highest BCUT2D eigenvalue weighted by Gasteiger charge is 2.14. The first kappa shape index (κ1) is 14.6. The van der Waals surface area contributed by atoms with Crippen molar-refractivity contribution in [1.82, 2.24) is 0 Å². The molecule has 0 aliphatic carbocycles. The van der Waals surface area contributed by atoms with Gasteiger partial charge in [-0.2, -0.15) is 21.0 Å². The molecule has 1 N–H and O–H groups in total. The minimum absolute atomic E-state index is 0.206. The maximum atomic E-state index is 9.09. The van der Waals surface area contributed by atoms with Crippen molar-refractivity contribution in [3.8, 4) is 30.0 Å². The molecule has 0 unspecified atom stereocenters. The van der Waals surface area contributed by atoms with Gasteiger partial charge in [-0.05, 0) is 19.1 Å². The standard InChI is InChI=1S/C14H9N5O/c1-9-13(20-2)4-3-10(5-15)14(9)19-12(8-18)11(6-16)7-17/h3-4,19H,1-2H3. The third kappa shape index (κ3) is 2.67. The summed E-state index contributed by atoms with van der Waals surface area (Å²) in [6, 6.07) is 10.1. The number of ether oxygens (including phenoxy) is 1. The molecule has 0 radical (unpaired) electrons. The molecule has 0 spiro atoms. The number of allylic oxidation sites excluding steroid dienone is 2. The Balaban J connectivity index is 3.47. The van der Waals surface area contributed by atoms with Crippen LogP contribution in [0.3, 0.4) is 0 Å². The van der Waals surface area contributed by atoms with Gasteiger partial charge in [-0.3, -0.25) is 0 Å². The summed E-state index contributed by atoms with van der Waals surface area (Å²) in [5.41, 5.74) is 0.675. The molecule has 0 heterocycles. The van der Waals surface area contributed by atoms with E-state index in [2.05, 4.69) is 5.32 Å². The molecule has 0 amide bonds. The Labute approximate surface area is 116 Å². The number of nitriles is 4. The first-order valence-electron chi connectivity index (χ1n) is 5.42. The van der Waals surface area contributed by atoms with Crippen molar-refractivity contribution in [3.63, 3.8) is 0 Å². The first-order valence-corrected chi connectivity index (χ1v) is 5.42. The van der Waals surface area contributed by atoms with Crippen molar-refractivity contribution in [3.05, 3.63) is 34.5 Å². The number of hydrogen-bond acceptors (Lipinski definition) is 6. The predicted molar refractivity (Wildman–Crippen MR) is 69.9 cm³/mol. The highest BCUT2D eigenvalue weighted by molar-refractivity contribution is 5.71. The summed E-state index contributed by atoms with van der Waals surface area (Å²) < 4.78 is 5.14. The quantitative estimate of drug-likeness (QED) is 0.834. The second-order valence-corrected chi connectivity index (χ2v) is 3.64.